The van der Waals surface area contributed by atoms with Crippen LogP contribution >= 0.6 is 11.8 Å². The van der Waals surface area contributed by atoms with E-state index in [1.54, 1.807) is 20.3 Å². The Morgan fingerprint density at radius 2 is 1.73 bits per heavy atom. The van der Waals surface area contributed by atoms with Crippen molar-refractivity contribution in [3.8, 4) is 22.9 Å². The molecule has 114 valence electrons. The van der Waals surface area contributed by atoms with Crippen molar-refractivity contribution in [1.82, 2.24) is 24.6 Å². The molecule has 8 nitrogen and oxygen atoms in total. The van der Waals surface area contributed by atoms with Gasteiger partial charge in [-0.3, -0.25) is 0 Å². The van der Waals surface area contributed by atoms with Gasteiger partial charge in [0.05, 0.1) is 14.2 Å². The molecule has 22 heavy (non-hydrogen) atoms. The lowest BCUT2D eigenvalue weighted by molar-refractivity contribution is 0.394. The molecule has 0 aliphatic carbocycles. The monoisotopic (exact) mass is 318 g/mol. The number of anilines is 1. The van der Waals surface area contributed by atoms with Crippen molar-refractivity contribution < 1.29 is 9.47 Å². The lowest BCUT2D eigenvalue weighted by Gasteiger charge is -2.05. The number of nitrogens with zero attached hydrogens (tertiary/aromatic N) is 5. The average molecular weight is 318 g/mol. The number of benzene rings is 1. The van der Waals surface area contributed by atoms with E-state index in [4.69, 9.17) is 15.2 Å². The van der Waals surface area contributed by atoms with Crippen LogP contribution in [0.5, 0.6) is 11.5 Å². The Morgan fingerprint density at radius 3 is 2.32 bits per heavy atom. The highest BCUT2D eigenvalue weighted by atomic mass is 32.2. The summed E-state index contributed by atoms with van der Waals surface area (Å²) in [6.07, 6.45) is 1.87. The summed E-state index contributed by atoms with van der Waals surface area (Å²) in [6, 6.07) is 5.41. The number of hydrogen-bond acceptors (Lipinski definition) is 8. The predicted molar refractivity (Wildman–Crippen MR) is 83.3 cm³/mol. The maximum Gasteiger partial charge on any atom is 0.258 e. The summed E-state index contributed by atoms with van der Waals surface area (Å²) in [5.74, 6) is 2.40. The zero-order valence-electron chi connectivity index (χ0n) is 12.3. The number of hydrogen-bond donors (Lipinski definition) is 1. The van der Waals surface area contributed by atoms with Gasteiger partial charge >= 0.3 is 0 Å². The number of nitrogens with two attached hydrogens (primary N) is 1. The van der Waals surface area contributed by atoms with Crippen molar-refractivity contribution in [2.45, 2.75) is 5.16 Å². The Balaban J connectivity index is 2.16. The number of ether oxygens (including phenoxy) is 2. The zero-order chi connectivity index (χ0) is 15.7. The summed E-state index contributed by atoms with van der Waals surface area (Å²) < 4.78 is 11.9. The molecule has 3 aromatic rings. The molecule has 0 bridgehead atoms. The second kappa shape index (κ2) is 5.68. The molecule has 0 radical (unpaired) electrons. The van der Waals surface area contributed by atoms with Crippen LogP contribution in [-0.4, -0.2) is 45.0 Å². The number of fused-ring (bicyclic) bond motifs is 1. The van der Waals surface area contributed by atoms with E-state index in [0.717, 1.165) is 5.56 Å². The van der Waals surface area contributed by atoms with E-state index in [0.29, 0.717) is 28.3 Å². The first-order valence-corrected chi connectivity index (χ1v) is 7.55. The van der Waals surface area contributed by atoms with Crippen LogP contribution in [0.4, 0.5) is 5.95 Å². The maximum absolute atomic E-state index is 5.88. The zero-order valence-corrected chi connectivity index (χ0v) is 13.1. The predicted octanol–water partition coefficient (Wildman–Crippen LogP) is 1.51. The lowest BCUT2D eigenvalue weighted by atomic mass is 10.2. The van der Waals surface area contributed by atoms with Crippen LogP contribution in [0.15, 0.2) is 23.4 Å². The van der Waals surface area contributed by atoms with Crippen LogP contribution in [0.2, 0.25) is 0 Å². The summed E-state index contributed by atoms with van der Waals surface area (Å²) in [5.41, 5.74) is 6.63. The van der Waals surface area contributed by atoms with Crippen molar-refractivity contribution in [3.63, 3.8) is 0 Å². The number of rotatable bonds is 4. The normalized spacial score (nSPS) is 10.9. The minimum atomic E-state index is 0.239. The van der Waals surface area contributed by atoms with Gasteiger partial charge in [-0.05, 0) is 18.4 Å². The molecule has 0 aliphatic rings. The van der Waals surface area contributed by atoms with Crippen molar-refractivity contribution >= 4 is 23.5 Å². The Kier molecular flexibility index (Phi) is 3.72. The molecule has 0 amide bonds. The van der Waals surface area contributed by atoms with Gasteiger partial charge in [0.1, 0.15) is 11.5 Å². The van der Waals surface area contributed by atoms with Crippen LogP contribution < -0.4 is 15.2 Å². The Morgan fingerprint density at radius 1 is 1.05 bits per heavy atom. The van der Waals surface area contributed by atoms with Crippen LogP contribution in [0.25, 0.3) is 17.2 Å². The van der Waals surface area contributed by atoms with E-state index in [1.165, 1.54) is 16.3 Å². The van der Waals surface area contributed by atoms with E-state index in [1.807, 2.05) is 18.4 Å². The Labute approximate surface area is 130 Å². The van der Waals surface area contributed by atoms with Crippen LogP contribution in [0.1, 0.15) is 0 Å². The van der Waals surface area contributed by atoms with Gasteiger partial charge in [-0.1, -0.05) is 11.8 Å². The Bertz CT molecular complexity index is 813. The van der Waals surface area contributed by atoms with E-state index in [-0.39, 0.29) is 5.95 Å². The van der Waals surface area contributed by atoms with Gasteiger partial charge < -0.3 is 15.2 Å². The van der Waals surface area contributed by atoms with E-state index < -0.39 is 0 Å². The second-order valence-corrected chi connectivity index (χ2v) is 5.09. The molecule has 0 aliphatic heterocycles. The van der Waals surface area contributed by atoms with Gasteiger partial charge in [0.2, 0.25) is 5.95 Å². The van der Waals surface area contributed by atoms with Crippen LogP contribution in [0.3, 0.4) is 0 Å². The fourth-order valence-electron chi connectivity index (χ4n) is 1.94. The molecule has 3 rings (SSSR count). The molecule has 1 aromatic carbocycles. The maximum atomic E-state index is 5.88. The van der Waals surface area contributed by atoms with Gasteiger partial charge in [0.25, 0.3) is 5.78 Å². The molecule has 0 spiro atoms. The highest BCUT2D eigenvalue weighted by Crippen LogP contribution is 2.28. The van der Waals surface area contributed by atoms with Gasteiger partial charge in [0, 0.05) is 11.6 Å². The number of thioether (sulfide) groups is 1. The van der Waals surface area contributed by atoms with Gasteiger partial charge in [-0.2, -0.15) is 19.5 Å². The average Bonchev–Trinajstić information content (AvgIpc) is 2.98. The standard InChI is InChI=1S/C13H14N6O2S/c1-20-8-4-7(5-9(6-8)21-2)10-15-12-17-13(22-3)16-11(14)19(12)18-10/h4-6H,1-3H3,(H2,14,15,16,17,18). The molecule has 2 heterocycles. The largest absolute Gasteiger partial charge is 0.497 e. The molecular weight excluding hydrogens is 304 g/mol. The minimum Gasteiger partial charge on any atom is -0.497 e. The van der Waals surface area contributed by atoms with Crippen molar-refractivity contribution in [2.24, 2.45) is 0 Å². The third kappa shape index (κ3) is 2.50. The number of methoxy groups -OCH3 is 2. The smallest absolute Gasteiger partial charge is 0.258 e. The van der Waals surface area contributed by atoms with Crippen molar-refractivity contribution in [1.29, 1.82) is 0 Å². The fraction of sp³-hybridized carbons (Fsp3) is 0.231. The summed E-state index contributed by atoms with van der Waals surface area (Å²) in [6.45, 7) is 0. The van der Waals surface area contributed by atoms with Crippen molar-refractivity contribution in [3.05, 3.63) is 18.2 Å². The number of nitrogen functional groups attached to an aromatic ring is 1. The van der Waals surface area contributed by atoms with Gasteiger partial charge in [0.15, 0.2) is 11.0 Å². The van der Waals surface area contributed by atoms with Gasteiger partial charge in [-0.15, -0.1) is 5.10 Å². The molecule has 2 aromatic heterocycles. The first-order valence-electron chi connectivity index (χ1n) is 6.32. The molecule has 2 N–H and O–H groups in total. The highest BCUT2D eigenvalue weighted by molar-refractivity contribution is 7.98. The second-order valence-electron chi connectivity index (χ2n) is 4.32. The quantitative estimate of drug-likeness (QED) is 0.722. The molecule has 0 saturated heterocycles. The summed E-state index contributed by atoms with van der Waals surface area (Å²) in [5, 5.41) is 4.89. The van der Waals surface area contributed by atoms with Crippen LogP contribution in [0, 0.1) is 0 Å². The van der Waals surface area contributed by atoms with Gasteiger partial charge in [-0.25, -0.2) is 0 Å². The van der Waals surface area contributed by atoms with E-state index in [9.17, 15) is 0 Å². The SMILES string of the molecule is COc1cc(OC)cc(-c2nc3nc(SC)nc(N)n3n2)c1. The summed E-state index contributed by atoms with van der Waals surface area (Å²) >= 11 is 1.39. The molecule has 0 unspecified atom stereocenters. The van der Waals surface area contributed by atoms with E-state index in [2.05, 4.69) is 20.1 Å². The summed E-state index contributed by atoms with van der Waals surface area (Å²) in [7, 11) is 3.17. The minimum absolute atomic E-state index is 0.239. The van der Waals surface area contributed by atoms with Crippen molar-refractivity contribution in [2.75, 3.05) is 26.2 Å². The molecule has 0 fully saturated rings. The summed E-state index contributed by atoms with van der Waals surface area (Å²) in [4.78, 5) is 12.8. The topological polar surface area (TPSA) is 100 Å². The lowest BCUT2D eigenvalue weighted by Crippen LogP contribution is -2.04. The molecular formula is C13H14N6O2S. The molecule has 0 atom stereocenters. The molecule has 0 saturated carbocycles. The van der Waals surface area contributed by atoms with Crippen LogP contribution in [-0.2, 0) is 0 Å². The fourth-order valence-corrected chi connectivity index (χ4v) is 2.29. The molecule has 9 heteroatoms. The number of aromatic nitrogens is 5. The van der Waals surface area contributed by atoms with E-state index >= 15 is 0 Å². The highest BCUT2D eigenvalue weighted by Gasteiger charge is 2.13. The third-order valence-corrected chi connectivity index (χ3v) is 3.55. The third-order valence-electron chi connectivity index (χ3n) is 3.01. The first-order chi connectivity index (χ1) is 10.6. The Hall–Kier alpha value is -2.55. The first kappa shape index (κ1) is 14.4.